The number of carbonyl (C=O) groups is 1. The summed E-state index contributed by atoms with van der Waals surface area (Å²) < 4.78 is 66.8. The smallest absolute Gasteiger partial charge is 0.416 e. The van der Waals surface area contributed by atoms with Gasteiger partial charge in [0.15, 0.2) is 9.84 Å². The molecule has 4 rings (SSSR count). The first kappa shape index (κ1) is 21.4. The average Bonchev–Trinajstić information content (AvgIpc) is 3.00. The Morgan fingerprint density at radius 1 is 1.19 bits per heavy atom. The Balaban J connectivity index is 1.86. The number of hydrogen-bond acceptors (Lipinski definition) is 3. The van der Waals surface area contributed by atoms with Gasteiger partial charge in [0.05, 0.1) is 16.4 Å². The van der Waals surface area contributed by atoms with E-state index in [1.54, 1.807) is 6.07 Å². The molecule has 0 aliphatic carbocycles. The Morgan fingerprint density at radius 2 is 1.90 bits per heavy atom. The van der Waals surface area contributed by atoms with E-state index < -0.39 is 33.5 Å². The quantitative estimate of drug-likeness (QED) is 0.642. The molecule has 1 aliphatic rings. The van der Waals surface area contributed by atoms with Crippen molar-refractivity contribution in [1.82, 2.24) is 4.57 Å². The van der Waals surface area contributed by atoms with Crippen molar-refractivity contribution in [2.45, 2.75) is 36.9 Å². The number of carboxylic acids is 1. The van der Waals surface area contributed by atoms with Crippen molar-refractivity contribution >= 4 is 26.7 Å². The van der Waals surface area contributed by atoms with E-state index in [2.05, 4.69) is 0 Å². The summed E-state index contributed by atoms with van der Waals surface area (Å²) in [5.74, 6) is -1.43. The van der Waals surface area contributed by atoms with E-state index in [9.17, 15) is 31.5 Å². The van der Waals surface area contributed by atoms with Crippen molar-refractivity contribution in [3.63, 3.8) is 0 Å². The fraction of sp³-hybridized carbons (Fsp3) is 0.318. The number of alkyl halides is 3. The van der Waals surface area contributed by atoms with Gasteiger partial charge < -0.3 is 9.67 Å². The zero-order valence-corrected chi connectivity index (χ0v) is 17.4. The molecule has 0 bridgehead atoms. The second kappa shape index (κ2) is 7.40. The van der Waals surface area contributed by atoms with Crippen LogP contribution in [0.2, 0.25) is 0 Å². The maximum absolute atomic E-state index is 13.8. The van der Waals surface area contributed by atoms with Gasteiger partial charge in [-0.15, -0.1) is 0 Å². The highest BCUT2D eigenvalue weighted by Crippen LogP contribution is 2.38. The highest BCUT2D eigenvalue weighted by atomic mass is 32.2. The lowest BCUT2D eigenvalue weighted by Gasteiger charge is -2.23. The number of aromatic nitrogens is 1. The number of sulfone groups is 1. The van der Waals surface area contributed by atoms with E-state index in [1.807, 2.05) is 22.8 Å². The minimum atomic E-state index is -4.71. The van der Waals surface area contributed by atoms with Crippen LogP contribution in [0.5, 0.6) is 0 Å². The molecule has 1 aliphatic heterocycles. The summed E-state index contributed by atoms with van der Waals surface area (Å²) in [6.07, 6.45) is -3.00. The predicted octanol–water partition coefficient (Wildman–Crippen LogP) is 4.30. The van der Waals surface area contributed by atoms with Gasteiger partial charge in [-0.2, -0.15) is 13.2 Å². The molecule has 0 fully saturated rings. The van der Waals surface area contributed by atoms with E-state index in [-0.39, 0.29) is 23.4 Å². The van der Waals surface area contributed by atoms with Crippen LogP contribution in [-0.2, 0) is 40.2 Å². The number of fused-ring (bicyclic) bond motifs is 3. The summed E-state index contributed by atoms with van der Waals surface area (Å²) in [5.41, 5.74) is 1.36. The molecule has 2 heterocycles. The van der Waals surface area contributed by atoms with Crippen LogP contribution in [0.3, 0.4) is 0 Å². The molecule has 0 radical (unpaired) electrons. The molecule has 5 nitrogen and oxygen atoms in total. The lowest BCUT2D eigenvalue weighted by molar-refractivity contribution is -0.142. The second-order valence-corrected chi connectivity index (χ2v) is 9.91. The van der Waals surface area contributed by atoms with Crippen molar-refractivity contribution in [2.75, 3.05) is 6.26 Å². The lowest BCUT2D eigenvalue weighted by atomic mass is 9.93. The van der Waals surface area contributed by atoms with Gasteiger partial charge in [0.2, 0.25) is 0 Å². The molecule has 0 saturated heterocycles. The van der Waals surface area contributed by atoms with Gasteiger partial charge in [-0.25, -0.2) is 8.42 Å². The Hall–Kier alpha value is -2.81. The third-order valence-electron chi connectivity index (χ3n) is 5.86. The summed E-state index contributed by atoms with van der Waals surface area (Å²) in [5, 5.41) is 10.2. The fourth-order valence-electron chi connectivity index (χ4n) is 4.34. The van der Waals surface area contributed by atoms with Crippen molar-refractivity contribution in [2.24, 2.45) is 5.92 Å². The summed E-state index contributed by atoms with van der Waals surface area (Å²) in [6.45, 7) is 0.268. The molecular formula is C22H20F3NO4S. The van der Waals surface area contributed by atoms with E-state index in [0.717, 1.165) is 28.4 Å². The normalized spacial score (nSPS) is 17.0. The first-order valence-electron chi connectivity index (χ1n) is 9.69. The Kier molecular flexibility index (Phi) is 5.12. The van der Waals surface area contributed by atoms with Crippen molar-refractivity contribution in [1.29, 1.82) is 0 Å². The zero-order chi connectivity index (χ0) is 22.6. The third-order valence-corrected chi connectivity index (χ3v) is 6.97. The molecule has 31 heavy (non-hydrogen) atoms. The topological polar surface area (TPSA) is 76.4 Å². The standard InChI is InChI=1S/C22H20F3NO4S/c1-31(29,30)15-8-6-13(18(11-15)22(23,24)25)10-17-16-4-2-3-5-19(16)26-12-14(21(27)28)7-9-20(17)26/h2-6,8,11,14H,7,9-10,12H2,1H3,(H,27,28)/t14-/m0/s1. The van der Waals surface area contributed by atoms with Gasteiger partial charge in [-0.1, -0.05) is 24.3 Å². The molecule has 2 aromatic carbocycles. The molecule has 0 unspecified atom stereocenters. The Labute approximate surface area is 177 Å². The van der Waals surface area contributed by atoms with Crippen molar-refractivity contribution in [3.8, 4) is 0 Å². The maximum atomic E-state index is 13.8. The van der Waals surface area contributed by atoms with Crippen LogP contribution in [0.15, 0.2) is 47.4 Å². The molecule has 0 saturated carbocycles. The van der Waals surface area contributed by atoms with Crippen LogP contribution in [0.4, 0.5) is 13.2 Å². The first-order chi connectivity index (χ1) is 14.5. The molecule has 1 aromatic heterocycles. The summed E-state index contributed by atoms with van der Waals surface area (Å²) in [4.78, 5) is 11.1. The van der Waals surface area contributed by atoms with Gasteiger partial charge in [-0.05, 0) is 42.2 Å². The van der Waals surface area contributed by atoms with Gasteiger partial charge in [-0.3, -0.25) is 4.79 Å². The van der Waals surface area contributed by atoms with Gasteiger partial charge in [0, 0.05) is 35.8 Å². The number of para-hydroxylation sites is 1. The summed E-state index contributed by atoms with van der Waals surface area (Å²) in [7, 11) is -3.79. The number of aliphatic carboxylic acids is 1. The maximum Gasteiger partial charge on any atom is 0.416 e. The molecule has 3 aromatic rings. The second-order valence-electron chi connectivity index (χ2n) is 7.89. The van der Waals surface area contributed by atoms with Crippen LogP contribution in [0.25, 0.3) is 10.9 Å². The average molecular weight is 451 g/mol. The Morgan fingerprint density at radius 3 is 2.55 bits per heavy atom. The lowest BCUT2D eigenvalue weighted by Crippen LogP contribution is -2.26. The minimum absolute atomic E-state index is 0.0144. The summed E-state index contributed by atoms with van der Waals surface area (Å²) >= 11 is 0. The van der Waals surface area contributed by atoms with Crippen molar-refractivity contribution < 1.29 is 31.5 Å². The largest absolute Gasteiger partial charge is 0.481 e. The van der Waals surface area contributed by atoms with E-state index >= 15 is 0 Å². The van der Waals surface area contributed by atoms with Crippen LogP contribution >= 0.6 is 0 Å². The number of nitrogens with zero attached hydrogens (tertiary/aromatic N) is 1. The van der Waals surface area contributed by atoms with Crippen LogP contribution in [0.1, 0.15) is 28.8 Å². The molecule has 1 N–H and O–H groups in total. The minimum Gasteiger partial charge on any atom is -0.481 e. The Bertz CT molecular complexity index is 1290. The predicted molar refractivity (Wildman–Crippen MR) is 109 cm³/mol. The van der Waals surface area contributed by atoms with Gasteiger partial charge in [0.1, 0.15) is 0 Å². The highest BCUT2D eigenvalue weighted by Gasteiger charge is 2.35. The number of halogens is 3. The van der Waals surface area contributed by atoms with Crippen LogP contribution < -0.4 is 0 Å². The van der Waals surface area contributed by atoms with E-state index in [1.165, 1.54) is 12.1 Å². The number of carboxylic acid groups (broad SMARTS) is 1. The van der Waals surface area contributed by atoms with E-state index in [4.69, 9.17) is 0 Å². The number of rotatable bonds is 4. The molecule has 0 spiro atoms. The third kappa shape index (κ3) is 3.94. The molecule has 164 valence electrons. The van der Waals surface area contributed by atoms with Gasteiger partial charge in [0.25, 0.3) is 0 Å². The highest BCUT2D eigenvalue weighted by molar-refractivity contribution is 7.90. The van der Waals surface area contributed by atoms with Crippen LogP contribution in [0, 0.1) is 5.92 Å². The fourth-order valence-corrected chi connectivity index (χ4v) is 4.99. The van der Waals surface area contributed by atoms with Crippen LogP contribution in [-0.4, -0.2) is 30.3 Å². The number of hydrogen-bond donors (Lipinski definition) is 1. The molecule has 1 atom stereocenters. The van der Waals surface area contributed by atoms with Crippen molar-refractivity contribution in [3.05, 3.63) is 64.8 Å². The monoisotopic (exact) mass is 451 g/mol. The molecular weight excluding hydrogens is 431 g/mol. The summed E-state index contributed by atoms with van der Waals surface area (Å²) in [6, 6.07) is 10.4. The van der Waals surface area contributed by atoms with E-state index in [0.29, 0.717) is 18.9 Å². The van der Waals surface area contributed by atoms with Gasteiger partial charge >= 0.3 is 12.1 Å². The first-order valence-corrected chi connectivity index (χ1v) is 11.6. The molecule has 9 heteroatoms. The number of benzene rings is 2. The SMILES string of the molecule is CS(=O)(=O)c1ccc(Cc2c3n(c4ccccc24)C[C@@H](C(=O)O)CC3)c(C(F)(F)F)c1. The zero-order valence-electron chi connectivity index (χ0n) is 16.6. The molecule has 0 amide bonds.